The molecule has 2 heteroatoms. The summed E-state index contributed by atoms with van der Waals surface area (Å²) < 4.78 is 0. The average molecular weight is 111 g/mol. The highest BCUT2D eigenvalue weighted by atomic mass is 16.4. The number of nitrogens with zero attached hydrogens (tertiary/aromatic N) is 1. The summed E-state index contributed by atoms with van der Waals surface area (Å²) in [5.74, 6) is 0. The summed E-state index contributed by atoms with van der Waals surface area (Å²) in [5.41, 5.74) is 0. The number of hydrogen-bond donors (Lipinski definition) is 1. The molecule has 0 atom stereocenters. The lowest BCUT2D eigenvalue weighted by atomic mass is 10.4. The average Bonchev–Trinajstić information content (AvgIpc) is 1.81. The van der Waals surface area contributed by atoms with Gasteiger partial charge in [0.2, 0.25) is 0 Å². The first kappa shape index (κ1) is 6.95. The Balaban J connectivity index is 3.35. The van der Waals surface area contributed by atoms with E-state index in [1.165, 1.54) is 6.21 Å². The minimum Gasteiger partial charge on any atom is -0.411 e. The first-order valence-corrected chi connectivity index (χ1v) is 2.37. The van der Waals surface area contributed by atoms with Gasteiger partial charge in [0.1, 0.15) is 0 Å². The molecule has 0 aromatic heterocycles. The van der Waals surface area contributed by atoms with Crippen molar-refractivity contribution in [3.05, 3.63) is 24.3 Å². The quantitative estimate of drug-likeness (QED) is 0.249. The SMILES string of the molecule is C/C=C/C=C\C=N\O. The molecule has 0 unspecified atom stereocenters. The molecule has 0 spiro atoms. The van der Waals surface area contributed by atoms with Gasteiger partial charge in [-0.3, -0.25) is 0 Å². The van der Waals surface area contributed by atoms with Gasteiger partial charge in [-0.2, -0.15) is 0 Å². The summed E-state index contributed by atoms with van der Waals surface area (Å²) in [7, 11) is 0. The fourth-order valence-corrected chi connectivity index (χ4v) is 0.263. The van der Waals surface area contributed by atoms with E-state index in [1.54, 1.807) is 12.2 Å². The van der Waals surface area contributed by atoms with Crippen LogP contribution in [-0.2, 0) is 0 Å². The van der Waals surface area contributed by atoms with Gasteiger partial charge in [-0.25, -0.2) is 0 Å². The van der Waals surface area contributed by atoms with Gasteiger partial charge < -0.3 is 5.21 Å². The van der Waals surface area contributed by atoms with Crippen molar-refractivity contribution >= 4 is 6.21 Å². The van der Waals surface area contributed by atoms with Gasteiger partial charge in [-0.15, -0.1) is 0 Å². The van der Waals surface area contributed by atoms with Crippen molar-refractivity contribution in [2.24, 2.45) is 5.16 Å². The lowest BCUT2D eigenvalue weighted by Crippen LogP contribution is -1.59. The normalized spacial score (nSPS) is 12.6. The van der Waals surface area contributed by atoms with Crippen LogP contribution in [0.25, 0.3) is 0 Å². The second kappa shape index (κ2) is 5.95. The monoisotopic (exact) mass is 111 g/mol. The summed E-state index contributed by atoms with van der Waals surface area (Å²) in [4.78, 5) is 0. The Labute approximate surface area is 48.8 Å². The maximum Gasteiger partial charge on any atom is 0.0661 e. The Morgan fingerprint density at radius 1 is 1.25 bits per heavy atom. The predicted molar refractivity (Wildman–Crippen MR) is 34.2 cm³/mol. The summed E-state index contributed by atoms with van der Waals surface area (Å²) in [6.45, 7) is 1.92. The molecule has 0 fully saturated rings. The Kier molecular flexibility index (Phi) is 5.17. The standard InChI is InChI=1S/C6H9NO/c1-2-3-4-5-6-7-8/h2-6,8H,1H3/b3-2+,5-4-,7-6+. The van der Waals surface area contributed by atoms with E-state index in [0.29, 0.717) is 0 Å². The van der Waals surface area contributed by atoms with E-state index < -0.39 is 0 Å². The molecule has 44 valence electrons. The van der Waals surface area contributed by atoms with Crippen LogP contribution in [0.4, 0.5) is 0 Å². The number of allylic oxidation sites excluding steroid dienone is 4. The lowest BCUT2D eigenvalue weighted by molar-refractivity contribution is 0.322. The number of hydrogen-bond acceptors (Lipinski definition) is 2. The summed E-state index contributed by atoms with van der Waals surface area (Å²) in [5, 5.41) is 10.6. The molecular weight excluding hydrogens is 102 g/mol. The second-order valence-electron chi connectivity index (χ2n) is 1.18. The fraction of sp³-hybridized carbons (Fsp3) is 0.167. The highest BCUT2D eigenvalue weighted by Gasteiger charge is 1.57. The lowest BCUT2D eigenvalue weighted by Gasteiger charge is -1.67. The van der Waals surface area contributed by atoms with Crippen LogP contribution in [0.3, 0.4) is 0 Å². The molecule has 0 saturated heterocycles. The van der Waals surface area contributed by atoms with Crippen molar-refractivity contribution in [1.82, 2.24) is 0 Å². The summed E-state index contributed by atoms with van der Waals surface area (Å²) >= 11 is 0. The third-order valence-corrected chi connectivity index (χ3v) is 0.567. The maximum absolute atomic E-state index is 7.86. The van der Waals surface area contributed by atoms with Crippen molar-refractivity contribution in [1.29, 1.82) is 0 Å². The summed E-state index contributed by atoms with van der Waals surface area (Å²) in [6, 6.07) is 0. The van der Waals surface area contributed by atoms with Gasteiger partial charge >= 0.3 is 0 Å². The molecule has 8 heavy (non-hydrogen) atoms. The highest BCUT2D eigenvalue weighted by Crippen LogP contribution is 1.71. The van der Waals surface area contributed by atoms with Gasteiger partial charge in [0.15, 0.2) is 0 Å². The third kappa shape index (κ3) is 4.95. The Morgan fingerprint density at radius 2 is 2.00 bits per heavy atom. The van der Waals surface area contributed by atoms with E-state index in [4.69, 9.17) is 5.21 Å². The maximum atomic E-state index is 7.86. The van der Waals surface area contributed by atoms with Crippen molar-refractivity contribution in [3.63, 3.8) is 0 Å². The van der Waals surface area contributed by atoms with Crippen molar-refractivity contribution in [3.8, 4) is 0 Å². The zero-order valence-corrected chi connectivity index (χ0v) is 4.78. The predicted octanol–water partition coefficient (Wildman–Crippen LogP) is 1.58. The van der Waals surface area contributed by atoms with Gasteiger partial charge in [0.25, 0.3) is 0 Å². The molecule has 0 aliphatic rings. The Hall–Kier alpha value is -1.05. The second-order valence-corrected chi connectivity index (χ2v) is 1.18. The van der Waals surface area contributed by atoms with Crippen molar-refractivity contribution in [2.75, 3.05) is 0 Å². The first-order chi connectivity index (χ1) is 3.91. The van der Waals surface area contributed by atoms with Crippen molar-refractivity contribution in [2.45, 2.75) is 6.92 Å². The van der Waals surface area contributed by atoms with Gasteiger partial charge in [-0.05, 0) is 13.0 Å². The topological polar surface area (TPSA) is 32.6 Å². The minimum absolute atomic E-state index is 1.31. The van der Waals surface area contributed by atoms with E-state index in [2.05, 4.69) is 5.16 Å². The van der Waals surface area contributed by atoms with E-state index in [0.717, 1.165) is 0 Å². The largest absolute Gasteiger partial charge is 0.411 e. The van der Waals surface area contributed by atoms with Crippen LogP contribution in [0.1, 0.15) is 6.92 Å². The Bertz CT molecular complexity index is 99.7. The van der Waals surface area contributed by atoms with Gasteiger partial charge in [-0.1, -0.05) is 23.4 Å². The van der Waals surface area contributed by atoms with Crippen LogP contribution in [0.15, 0.2) is 29.5 Å². The van der Waals surface area contributed by atoms with E-state index >= 15 is 0 Å². The van der Waals surface area contributed by atoms with Gasteiger partial charge in [0, 0.05) is 0 Å². The molecule has 0 rings (SSSR count). The number of oxime groups is 1. The Morgan fingerprint density at radius 3 is 2.50 bits per heavy atom. The molecule has 0 aromatic carbocycles. The molecule has 0 aromatic rings. The van der Waals surface area contributed by atoms with E-state index in [-0.39, 0.29) is 0 Å². The van der Waals surface area contributed by atoms with Crippen LogP contribution in [0.2, 0.25) is 0 Å². The van der Waals surface area contributed by atoms with E-state index in [9.17, 15) is 0 Å². The summed E-state index contributed by atoms with van der Waals surface area (Å²) in [6.07, 6.45) is 8.46. The van der Waals surface area contributed by atoms with Crippen LogP contribution in [0, 0.1) is 0 Å². The number of rotatable bonds is 2. The van der Waals surface area contributed by atoms with Crippen LogP contribution >= 0.6 is 0 Å². The zero-order valence-electron chi connectivity index (χ0n) is 4.78. The van der Waals surface area contributed by atoms with Crippen molar-refractivity contribution < 1.29 is 5.21 Å². The third-order valence-electron chi connectivity index (χ3n) is 0.567. The molecule has 0 saturated carbocycles. The van der Waals surface area contributed by atoms with Crippen LogP contribution < -0.4 is 0 Å². The molecular formula is C6H9NO. The van der Waals surface area contributed by atoms with E-state index in [1.807, 2.05) is 19.1 Å². The molecule has 1 N–H and O–H groups in total. The van der Waals surface area contributed by atoms with Crippen LogP contribution in [0.5, 0.6) is 0 Å². The molecule has 0 bridgehead atoms. The fourth-order valence-electron chi connectivity index (χ4n) is 0.263. The van der Waals surface area contributed by atoms with Gasteiger partial charge in [0.05, 0.1) is 6.21 Å². The first-order valence-electron chi connectivity index (χ1n) is 2.37. The molecule has 2 nitrogen and oxygen atoms in total. The minimum atomic E-state index is 1.31. The van der Waals surface area contributed by atoms with Crippen LogP contribution in [-0.4, -0.2) is 11.4 Å². The molecule has 0 heterocycles. The highest BCUT2D eigenvalue weighted by molar-refractivity contribution is 5.70. The molecule has 0 aliphatic heterocycles. The molecule has 0 aliphatic carbocycles. The molecule has 0 amide bonds. The molecule has 0 radical (unpaired) electrons. The smallest absolute Gasteiger partial charge is 0.0661 e. The zero-order chi connectivity index (χ0) is 6.24.